The maximum Gasteiger partial charge on any atom is 0.289 e. The summed E-state index contributed by atoms with van der Waals surface area (Å²) in [5.41, 5.74) is 0.138. The maximum absolute atomic E-state index is 12.2. The van der Waals surface area contributed by atoms with Crippen LogP contribution in [0.15, 0.2) is 23.1 Å². The highest BCUT2D eigenvalue weighted by Crippen LogP contribution is 2.27. The third kappa shape index (κ3) is 4.98. The van der Waals surface area contributed by atoms with Gasteiger partial charge in [0.1, 0.15) is 0 Å². The van der Waals surface area contributed by atoms with Crippen LogP contribution < -0.4 is 10.0 Å². The summed E-state index contributed by atoms with van der Waals surface area (Å²) in [5, 5.41) is 14.0. The lowest BCUT2D eigenvalue weighted by molar-refractivity contribution is -0.387. The molecule has 0 bridgehead atoms. The zero-order valence-corrected chi connectivity index (χ0v) is 13.1. The summed E-state index contributed by atoms with van der Waals surface area (Å²) in [4.78, 5) is 10.0. The summed E-state index contributed by atoms with van der Waals surface area (Å²) >= 11 is 0. The smallest absolute Gasteiger partial charge is 0.289 e. The van der Waals surface area contributed by atoms with Crippen molar-refractivity contribution in [3.8, 4) is 0 Å². The zero-order valence-electron chi connectivity index (χ0n) is 12.3. The van der Waals surface area contributed by atoms with E-state index < -0.39 is 20.6 Å². The molecule has 1 rings (SSSR count). The van der Waals surface area contributed by atoms with Crippen LogP contribution in [0.4, 0.5) is 11.4 Å². The second-order valence-corrected chi connectivity index (χ2v) is 6.35. The molecule has 0 unspecified atom stereocenters. The lowest BCUT2D eigenvalue weighted by atomic mass is 10.3. The topological polar surface area (TPSA) is 101 Å². The van der Waals surface area contributed by atoms with Crippen molar-refractivity contribution >= 4 is 21.4 Å². The van der Waals surface area contributed by atoms with E-state index in [-0.39, 0.29) is 11.4 Å². The lowest BCUT2D eigenvalue weighted by Crippen LogP contribution is -2.25. The van der Waals surface area contributed by atoms with E-state index in [9.17, 15) is 18.5 Å². The first kappa shape index (κ1) is 17.4. The van der Waals surface area contributed by atoms with E-state index in [1.807, 2.05) is 13.8 Å². The molecule has 0 spiro atoms. The van der Waals surface area contributed by atoms with Crippen LogP contribution in [-0.4, -0.2) is 26.4 Å². The van der Waals surface area contributed by atoms with Crippen molar-refractivity contribution in [2.75, 3.05) is 18.4 Å². The first-order valence-electron chi connectivity index (χ1n) is 6.94. The van der Waals surface area contributed by atoms with E-state index in [1.54, 1.807) is 0 Å². The van der Waals surface area contributed by atoms with Gasteiger partial charge in [0.2, 0.25) is 10.0 Å². The van der Waals surface area contributed by atoms with Gasteiger partial charge in [0.25, 0.3) is 5.69 Å². The number of nitrogens with one attached hydrogen (secondary N) is 2. The van der Waals surface area contributed by atoms with E-state index in [0.29, 0.717) is 18.7 Å². The minimum Gasteiger partial charge on any atom is -0.385 e. The summed E-state index contributed by atoms with van der Waals surface area (Å²) < 4.78 is 26.8. The Kier molecular flexibility index (Phi) is 6.57. The number of sulfonamides is 1. The average Bonchev–Trinajstić information content (AvgIpc) is 2.44. The molecule has 118 valence electrons. The molecule has 0 atom stereocenters. The van der Waals surface area contributed by atoms with Gasteiger partial charge in [0.05, 0.1) is 4.92 Å². The second-order valence-electron chi connectivity index (χ2n) is 4.62. The van der Waals surface area contributed by atoms with Gasteiger partial charge in [-0.2, -0.15) is 0 Å². The molecule has 1 aromatic rings. The number of anilines is 1. The molecule has 0 fully saturated rings. The molecule has 0 radical (unpaired) electrons. The molecular weight excluding hydrogens is 294 g/mol. The van der Waals surface area contributed by atoms with Crippen LogP contribution in [0.1, 0.15) is 33.1 Å². The number of nitro groups is 1. The Morgan fingerprint density at radius 1 is 1.19 bits per heavy atom. The number of hydrogen-bond acceptors (Lipinski definition) is 5. The number of rotatable bonds is 9. The second kappa shape index (κ2) is 7.94. The van der Waals surface area contributed by atoms with Gasteiger partial charge >= 0.3 is 0 Å². The highest BCUT2D eigenvalue weighted by molar-refractivity contribution is 7.89. The summed E-state index contributed by atoms with van der Waals surface area (Å²) in [7, 11) is -3.89. The Labute approximate surface area is 124 Å². The van der Waals surface area contributed by atoms with E-state index in [1.165, 1.54) is 18.2 Å². The summed E-state index contributed by atoms with van der Waals surface area (Å²) in [6.45, 7) is 4.84. The number of unbranched alkanes of at least 4 members (excludes halogenated alkanes) is 1. The molecule has 7 nitrogen and oxygen atoms in total. The van der Waals surface area contributed by atoms with Crippen LogP contribution in [0.3, 0.4) is 0 Å². The van der Waals surface area contributed by atoms with Crippen molar-refractivity contribution in [2.45, 2.75) is 38.0 Å². The predicted molar refractivity (Wildman–Crippen MR) is 82.0 cm³/mol. The van der Waals surface area contributed by atoms with E-state index in [0.717, 1.165) is 12.8 Å². The third-order valence-corrected chi connectivity index (χ3v) is 4.34. The highest BCUT2D eigenvalue weighted by atomic mass is 32.2. The first-order valence-corrected chi connectivity index (χ1v) is 8.42. The quantitative estimate of drug-likeness (QED) is 0.414. The maximum atomic E-state index is 12.2. The van der Waals surface area contributed by atoms with Crippen molar-refractivity contribution in [1.82, 2.24) is 4.72 Å². The standard InChI is InChI=1S/C13H21N3O4S/c1-3-5-9-15-21(19,20)13-10-11(14-8-4-2)6-7-12(13)16(17)18/h6-7,10,14-15H,3-5,8-9H2,1-2H3. The summed E-state index contributed by atoms with van der Waals surface area (Å²) in [5.74, 6) is 0. The molecule has 0 saturated carbocycles. The van der Waals surface area contributed by atoms with Gasteiger partial charge in [0.15, 0.2) is 4.90 Å². The van der Waals surface area contributed by atoms with Gasteiger partial charge in [-0.15, -0.1) is 0 Å². The van der Waals surface area contributed by atoms with Crippen LogP contribution in [-0.2, 0) is 10.0 Å². The largest absolute Gasteiger partial charge is 0.385 e. The number of benzene rings is 1. The Morgan fingerprint density at radius 3 is 2.48 bits per heavy atom. The van der Waals surface area contributed by atoms with Crippen LogP contribution in [0.2, 0.25) is 0 Å². The van der Waals surface area contributed by atoms with Gasteiger partial charge in [-0.25, -0.2) is 13.1 Å². The van der Waals surface area contributed by atoms with E-state index in [4.69, 9.17) is 0 Å². The number of nitrogens with zero attached hydrogens (tertiary/aromatic N) is 1. The minimum absolute atomic E-state index is 0.266. The van der Waals surface area contributed by atoms with Crippen LogP contribution in [0.25, 0.3) is 0 Å². The summed E-state index contributed by atoms with van der Waals surface area (Å²) in [6, 6.07) is 4.04. The third-order valence-electron chi connectivity index (χ3n) is 2.85. The van der Waals surface area contributed by atoms with Crippen molar-refractivity contribution in [2.24, 2.45) is 0 Å². The Hall–Kier alpha value is -1.67. The molecule has 0 heterocycles. The molecular formula is C13H21N3O4S. The molecule has 8 heteroatoms. The molecule has 0 saturated heterocycles. The Balaban J connectivity index is 3.13. The number of nitro benzene ring substituents is 1. The first-order chi connectivity index (χ1) is 9.92. The SMILES string of the molecule is CCCCNS(=O)(=O)c1cc(NCCC)ccc1[N+](=O)[O-]. The van der Waals surface area contributed by atoms with Crippen LogP contribution in [0.5, 0.6) is 0 Å². The Bertz CT molecular complexity index is 587. The van der Waals surface area contributed by atoms with Gasteiger partial charge < -0.3 is 5.32 Å². The normalized spacial score (nSPS) is 11.3. The fraction of sp³-hybridized carbons (Fsp3) is 0.538. The fourth-order valence-corrected chi connectivity index (χ4v) is 2.99. The van der Waals surface area contributed by atoms with Gasteiger partial charge in [-0.1, -0.05) is 20.3 Å². The van der Waals surface area contributed by atoms with Crippen LogP contribution in [0, 0.1) is 10.1 Å². The van der Waals surface area contributed by atoms with Crippen molar-refractivity contribution in [3.63, 3.8) is 0 Å². The molecule has 21 heavy (non-hydrogen) atoms. The summed E-state index contributed by atoms with van der Waals surface area (Å²) in [6.07, 6.45) is 2.39. The van der Waals surface area contributed by atoms with Gasteiger partial charge in [0, 0.05) is 24.8 Å². The average molecular weight is 315 g/mol. The molecule has 1 aromatic carbocycles. The molecule has 0 aliphatic carbocycles. The zero-order chi connectivity index (χ0) is 15.9. The molecule has 2 N–H and O–H groups in total. The minimum atomic E-state index is -3.89. The fourth-order valence-electron chi connectivity index (χ4n) is 1.72. The molecule has 0 aromatic heterocycles. The molecule has 0 aliphatic heterocycles. The lowest BCUT2D eigenvalue weighted by Gasteiger charge is -2.10. The van der Waals surface area contributed by atoms with Gasteiger partial charge in [-0.05, 0) is 25.0 Å². The van der Waals surface area contributed by atoms with Crippen molar-refractivity contribution in [3.05, 3.63) is 28.3 Å². The Morgan fingerprint density at radius 2 is 1.90 bits per heavy atom. The molecule has 0 amide bonds. The monoisotopic (exact) mass is 315 g/mol. The predicted octanol–water partition coefficient (Wildman–Crippen LogP) is 2.50. The van der Waals surface area contributed by atoms with Gasteiger partial charge in [-0.3, -0.25) is 10.1 Å². The number of hydrogen-bond donors (Lipinski definition) is 2. The van der Waals surface area contributed by atoms with Crippen molar-refractivity contribution < 1.29 is 13.3 Å². The van der Waals surface area contributed by atoms with E-state index in [2.05, 4.69) is 10.0 Å². The molecule has 0 aliphatic rings. The highest BCUT2D eigenvalue weighted by Gasteiger charge is 2.25. The van der Waals surface area contributed by atoms with Crippen LogP contribution >= 0.6 is 0 Å². The van der Waals surface area contributed by atoms with E-state index >= 15 is 0 Å². The van der Waals surface area contributed by atoms with Crippen molar-refractivity contribution in [1.29, 1.82) is 0 Å².